The van der Waals surface area contributed by atoms with Crippen molar-refractivity contribution in [1.29, 1.82) is 0 Å². The Morgan fingerprint density at radius 2 is 1.29 bits per heavy atom. The summed E-state index contributed by atoms with van der Waals surface area (Å²) >= 11 is 1.26. The van der Waals surface area contributed by atoms with Gasteiger partial charge in [-0.1, -0.05) is 152 Å². The van der Waals surface area contributed by atoms with Crippen LogP contribution in [0.2, 0.25) is 0 Å². The molecule has 10 amide bonds. The predicted octanol–water partition coefficient (Wildman–Crippen LogP) is 8.49. The van der Waals surface area contributed by atoms with Crippen molar-refractivity contribution in [2.24, 2.45) is 17.3 Å². The van der Waals surface area contributed by atoms with E-state index in [-0.39, 0.29) is 125 Å². The molecule has 666 valence electrons. The van der Waals surface area contributed by atoms with E-state index in [2.05, 4.69) is 81.5 Å². The number of thiazole rings is 1. The number of aliphatic carboxylic acids is 1. The van der Waals surface area contributed by atoms with Gasteiger partial charge in [0.25, 0.3) is 5.91 Å². The molecule has 0 unspecified atom stereocenters. The van der Waals surface area contributed by atoms with Gasteiger partial charge in [0.15, 0.2) is 0 Å². The number of fused-ring (bicyclic) bond motifs is 4. The van der Waals surface area contributed by atoms with Crippen molar-refractivity contribution >= 4 is 98.9 Å². The van der Waals surface area contributed by atoms with Crippen molar-refractivity contribution in [2.45, 2.75) is 201 Å². The van der Waals surface area contributed by atoms with Crippen LogP contribution in [0.3, 0.4) is 0 Å². The summed E-state index contributed by atoms with van der Waals surface area (Å²) in [5.74, 6) is -5.63. The number of para-hydroxylation sites is 1. The second-order valence-electron chi connectivity index (χ2n) is 32.2. The molecule has 1 aliphatic carbocycles. The van der Waals surface area contributed by atoms with Gasteiger partial charge in [-0.3, -0.25) is 57.6 Å². The van der Waals surface area contributed by atoms with Crippen molar-refractivity contribution in [3.8, 4) is 0 Å². The zero-order chi connectivity index (χ0) is 87.9. The third-order valence-corrected chi connectivity index (χ3v) is 23.0. The van der Waals surface area contributed by atoms with Crippen LogP contribution in [-0.2, 0) is 91.0 Å². The number of carboxylic acid groups (broad SMARTS) is 1. The van der Waals surface area contributed by atoms with Gasteiger partial charge in [0.1, 0.15) is 28.9 Å². The van der Waals surface area contributed by atoms with E-state index in [1.54, 1.807) is 78.7 Å². The molecule has 0 saturated carbocycles. The number of likely N-dealkylation sites (tertiary alicyclic amines) is 1. The highest BCUT2D eigenvalue weighted by Gasteiger charge is 2.40. The molecule has 8 rings (SSSR count). The van der Waals surface area contributed by atoms with Crippen LogP contribution in [0.25, 0.3) is 11.1 Å². The number of anilines is 2. The minimum atomic E-state index is -1.27. The summed E-state index contributed by atoms with van der Waals surface area (Å²) in [5.41, 5.74) is 7.40. The number of hydrogen-bond donors (Lipinski definition) is 10. The van der Waals surface area contributed by atoms with E-state index >= 15 is 4.79 Å². The number of aromatic nitrogens is 1. The van der Waals surface area contributed by atoms with E-state index in [9.17, 15) is 58.2 Å². The lowest BCUT2D eigenvalue weighted by Crippen LogP contribution is -2.59. The SMILES string of the molecule is CCCCCCN(C(=O)[C@@H](NC(=O)[C@H]1CCCCN1CCO)[C@@H](C)CC)[C@H](C[C@@H](OCC)c1nc(C(=O)N[C@@H](Cc2ccc(NC(=O)CNC(=O)[C@H](Cc3ccccc3)NC(=O)CNC(=O)CNC(=O)CCOCCOCCOCCOCCNC(=O)CCC(=O)N3Cc4ccccc4C4=C(C4)c4ccccc43)cc2)CC(C)(C)C(=O)O)cs1)C(C)C. The maximum atomic E-state index is 15.2. The van der Waals surface area contributed by atoms with Gasteiger partial charge in [0.05, 0.1) is 103 Å². The molecule has 31 heteroatoms. The van der Waals surface area contributed by atoms with Crippen LogP contribution >= 0.6 is 11.3 Å². The summed E-state index contributed by atoms with van der Waals surface area (Å²) < 4.78 is 28.6. The summed E-state index contributed by atoms with van der Waals surface area (Å²) in [7, 11) is 0. The quantitative estimate of drug-likeness (QED) is 0.0163. The highest BCUT2D eigenvalue weighted by atomic mass is 32.1. The highest BCUT2D eigenvalue weighted by Crippen LogP contribution is 2.52. The third-order valence-electron chi connectivity index (χ3n) is 22.1. The number of carboxylic acids is 1. The Hall–Kier alpha value is -9.86. The molecule has 10 N–H and O–H groups in total. The van der Waals surface area contributed by atoms with Crippen LogP contribution in [0.15, 0.2) is 109 Å². The third kappa shape index (κ3) is 31.8. The van der Waals surface area contributed by atoms with Crippen LogP contribution in [0, 0.1) is 17.3 Å². The van der Waals surface area contributed by atoms with Gasteiger partial charge in [-0.05, 0) is 129 Å². The molecule has 1 aromatic heterocycles. The first-order valence-electron chi connectivity index (χ1n) is 43.2. The molecule has 0 spiro atoms. The minimum Gasteiger partial charge on any atom is -0.481 e. The van der Waals surface area contributed by atoms with Crippen molar-refractivity contribution < 1.29 is 86.6 Å². The van der Waals surface area contributed by atoms with Crippen LogP contribution in [-0.4, -0.2) is 232 Å². The Bertz CT molecular complexity index is 4250. The molecule has 122 heavy (non-hydrogen) atoms. The smallest absolute Gasteiger partial charge is 0.309 e. The van der Waals surface area contributed by atoms with E-state index in [1.807, 2.05) is 60.9 Å². The largest absolute Gasteiger partial charge is 0.481 e. The molecule has 1 saturated heterocycles. The lowest BCUT2D eigenvalue weighted by Gasteiger charge is -2.40. The molecule has 0 radical (unpaired) electrons. The average molecular weight is 1710 g/mol. The number of aliphatic hydroxyl groups excluding tert-OH is 1. The van der Waals surface area contributed by atoms with Crippen molar-refractivity contribution in [3.05, 3.63) is 147 Å². The first kappa shape index (κ1) is 97.6. The lowest BCUT2D eigenvalue weighted by atomic mass is 9.84. The molecule has 3 aliphatic rings. The Morgan fingerprint density at radius 3 is 1.98 bits per heavy atom. The topological polar surface area (TPSA) is 393 Å². The minimum absolute atomic E-state index is 0.0370. The second kappa shape index (κ2) is 51.3. The van der Waals surface area contributed by atoms with E-state index in [0.29, 0.717) is 100 Å². The van der Waals surface area contributed by atoms with Crippen molar-refractivity contribution in [1.82, 2.24) is 52.0 Å². The molecule has 7 atom stereocenters. The number of ether oxygens (including phenoxy) is 5. The average Bonchev–Trinajstić information content (AvgIpc) is 1.59. The number of hydrogen-bond acceptors (Lipinski definition) is 20. The van der Waals surface area contributed by atoms with Crippen LogP contribution in [0.4, 0.5) is 11.4 Å². The normalized spacial score (nSPS) is 15.3. The molecule has 0 bridgehead atoms. The highest BCUT2D eigenvalue weighted by molar-refractivity contribution is 7.09. The summed E-state index contributed by atoms with van der Waals surface area (Å²) in [6, 6.07) is 28.2. The molecule has 5 aromatic rings. The number of carbonyl (C=O) groups excluding carboxylic acids is 10. The van der Waals surface area contributed by atoms with E-state index in [4.69, 9.17) is 28.7 Å². The predicted molar refractivity (Wildman–Crippen MR) is 466 cm³/mol. The molecule has 4 aromatic carbocycles. The maximum Gasteiger partial charge on any atom is 0.309 e. The van der Waals surface area contributed by atoms with Crippen LogP contribution in [0.1, 0.15) is 195 Å². The molecular formula is C91H128N12O18S. The number of piperidine rings is 1. The summed E-state index contributed by atoms with van der Waals surface area (Å²) in [4.78, 5) is 159. The number of allylic oxidation sites excluding steroid dienone is 2. The van der Waals surface area contributed by atoms with Gasteiger partial charge in [-0.2, -0.15) is 0 Å². The first-order valence-corrected chi connectivity index (χ1v) is 44.1. The monoisotopic (exact) mass is 1710 g/mol. The fraction of sp³-hybridized carbons (Fsp3) is 0.560. The van der Waals surface area contributed by atoms with Gasteiger partial charge in [-0.25, -0.2) is 4.98 Å². The Labute approximate surface area is 721 Å². The number of aliphatic hydroxyl groups is 1. The number of benzene rings is 4. The van der Waals surface area contributed by atoms with Gasteiger partial charge >= 0.3 is 5.97 Å². The number of amides is 10. The zero-order valence-electron chi connectivity index (χ0n) is 72.2. The molecular weight excluding hydrogens is 1580 g/mol. The van der Waals surface area contributed by atoms with Gasteiger partial charge < -0.3 is 86.2 Å². The fourth-order valence-electron chi connectivity index (χ4n) is 15.0. The lowest BCUT2D eigenvalue weighted by molar-refractivity contribution is -0.147. The number of carbonyl (C=O) groups is 11. The number of nitrogens with zero attached hydrogens (tertiary/aromatic N) is 4. The summed E-state index contributed by atoms with van der Waals surface area (Å²) in [5, 5.41) is 44.2. The first-order chi connectivity index (χ1) is 58.8. The van der Waals surface area contributed by atoms with E-state index < -0.39 is 96.7 Å². The Balaban J connectivity index is 0.712. The Morgan fingerprint density at radius 1 is 0.648 bits per heavy atom. The molecule has 2 aliphatic heterocycles. The van der Waals surface area contributed by atoms with Crippen molar-refractivity contribution in [2.75, 3.05) is 122 Å². The Kier molecular flexibility index (Phi) is 41.0. The van der Waals surface area contributed by atoms with Crippen LogP contribution in [0.5, 0.6) is 0 Å². The molecule has 1 fully saturated rings. The zero-order valence-corrected chi connectivity index (χ0v) is 73.0. The number of β-amino-alcohol motifs (C(OH)–C–C–N with tert-alkyl or cyclic N) is 1. The maximum absolute atomic E-state index is 15.2. The van der Waals surface area contributed by atoms with E-state index in [0.717, 1.165) is 61.8 Å². The van der Waals surface area contributed by atoms with E-state index in [1.165, 1.54) is 28.0 Å². The van der Waals surface area contributed by atoms with Crippen LogP contribution < -0.4 is 47.4 Å². The summed E-state index contributed by atoms with van der Waals surface area (Å²) in [6.45, 7) is 18.4. The van der Waals surface area contributed by atoms with Gasteiger partial charge in [-0.15, -0.1) is 11.3 Å². The molecule has 3 heterocycles. The standard InChI is InChI=1S/C91H128N12O18S/c1-9-12-13-22-40-102(89(114)84(62(6)10-2)100-87(113)75-30-21-23-39-101(75)41-42-104)76(61(4)5)54-77(121-11-3)88-99-73(60-122-88)86(112)97-67(55-91(7,8)90(115)116)51-64-31-33-66(34-32-64)96-81(108)58-95-85(111)72(52-63-24-15-14-16-25-63)98-82(109)57-94-80(107)56-93-79(106)37-43-117-45-47-119-49-50-120-48-46-118-44-38-92-78(105)35-36-83(110)103-59-65-26-17-18-27-68(65)70-53-71(70)69-28-19-20-29-74(69)103/h14-20,24-29,31-34,60-62,67,72,75-77,84,104H,9-13,21-23,30,35-59H2,1-8H3,(H,92,105)(H,93,106)(H,94,107)(H,95,111)(H,96,108)(H,97,112)(H,98,109)(H,100,113)(H,115,116)/t62-,67-,72-,75+,76+,77+,84-/m0/s1. The van der Waals surface area contributed by atoms with Gasteiger partial charge in [0, 0.05) is 87.1 Å². The second-order valence-corrected chi connectivity index (χ2v) is 33.1. The van der Waals surface area contributed by atoms with Crippen molar-refractivity contribution in [3.63, 3.8) is 0 Å². The fourth-order valence-corrected chi connectivity index (χ4v) is 15.9. The molecule has 30 nitrogen and oxygen atoms in total. The number of unbranched alkanes of at least 4 members (excludes halogenated alkanes) is 3. The van der Waals surface area contributed by atoms with Gasteiger partial charge in [0.2, 0.25) is 53.2 Å². The number of nitrogens with one attached hydrogen (secondary N) is 8. The summed E-state index contributed by atoms with van der Waals surface area (Å²) in [6.07, 6.45) is 7.79. The number of rotatable bonds is 55.